The van der Waals surface area contributed by atoms with E-state index in [0.29, 0.717) is 49.0 Å². The molecule has 0 aliphatic carbocycles. The van der Waals surface area contributed by atoms with Crippen LogP contribution in [0.5, 0.6) is 0 Å². The molecular formula is C25H33N3O4S. The fourth-order valence-electron chi connectivity index (χ4n) is 4.40. The molecule has 0 aromatic heterocycles. The third-order valence-corrected chi connectivity index (χ3v) is 8.75. The second kappa shape index (κ2) is 9.83. The minimum absolute atomic E-state index is 0.226. The summed E-state index contributed by atoms with van der Waals surface area (Å²) >= 11 is 0. The number of rotatable bonds is 5. The SMILES string of the molecule is Cc1cc(C(=O)Nc2cccc(N3CCOCC3)c2)cc(S(=O)(=O)N2CCC(C)CC2)c1C. The Kier molecular flexibility index (Phi) is 7.07. The first kappa shape index (κ1) is 23.7. The first-order chi connectivity index (χ1) is 15.8. The third-order valence-electron chi connectivity index (χ3n) is 6.72. The van der Waals surface area contributed by atoms with Crippen LogP contribution in [-0.4, -0.2) is 58.0 Å². The van der Waals surface area contributed by atoms with E-state index < -0.39 is 10.0 Å². The van der Waals surface area contributed by atoms with Gasteiger partial charge in [-0.2, -0.15) is 4.31 Å². The standard InChI is InChI=1S/C25H33N3O4S/c1-18-7-9-28(10-8-18)33(30,31)24-16-21(15-19(2)20(24)3)25(29)26-22-5-4-6-23(17-22)27-11-13-32-14-12-27/h4-6,15-18H,7-14H2,1-3H3,(H,26,29). The number of carbonyl (C=O) groups excluding carboxylic acids is 1. The van der Waals surface area contributed by atoms with Gasteiger partial charge in [-0.1, -0.05) is 13.0 Å². The number of nitrogens with zero attached hydrogens (tertiary/aromatic N) is 2. The average Bonchev–Trinajstić information content (AvgIpc) is 2.81. The predicted molar refractivity (Wildman–Crippen MR) is 131 cm³/mol. The van der Waals surface area contributed by atoms with Crippen LogP contribution in [0.25, 0.3) is 0 Å². The fraction of sp³-hybridized carbons (Fsp3) is 0.480. The topological polar surface area (TPSA) is 79.0 Å². The summed E-state index contributed by atoms with van der Waals surface area (Å²) in [4.78, 5) is 15.6. The number of nitrogens with one attached hydrogen (secondary N) is 1. The quantitative estimate of drug-likeness (QED) is 0.717. The zero-order chi connectivity index (χ0) is 23.6. The lowest BCUT2D eigenvalue weighted by atomic mass is 10.0. The highest BCUT2D eigenvalue weighted by molar-refractivity contribution is 7.89. The number of amides is 1. The van der Waals surface area contributed by atoms with Crippen molar-refractivity contribution in [2.45, 2.75) is 38.5 Å². The van der Waals surface area contributed by atoms with Crippen molar-refractivity contribution in [2.24, 2.45) is 5.92 Å². The van der Waals surface area contributed by atoms with Crippen molar-refractivity contribution in [3.05, 3.63) is 53.1 Å². The normalized spacial score (nSPS) is 18.3. The van der Waals surface area contributed by atoms with E-state index in [1.807, 2.05) is 38.1 Å². The van der Waals surface area contributed by atoms with Gasteiger partial charge in [-0.3, -0.25) is 4.79 Å². The van der Waals surface area contributed by atoms with Gasteiger partial charge in [-0.15, -0.1) is 0 Å². The van der Waals surface area contributed by atoms with Gasteiger partial charge >= 0.3 is 0 Å². The number of hydrogen-bond acceptors (Lipinski definition) is 5. The smallest absolute Gasteiger partial charge is 0.255 e. The molecule has 2 aliphatic heterocycles. The average molecular weight is 472 g/mol. The lowest BCUT2D eigenvalue weighted by Gasteiger charge is -2.30. The molecule has 2 aliphatic rings. The second-order valence-electron chi connectivity index (χ2n) is 9.11. The Bertz CT molecular complexity index is 1120. The zero-order valence-corrected chi connectivity index (χ0v) is 20.5. The van der Waals surface area contributed by atoms with E-state index in [-0.39, 0.29) is 10.8 Å². The highest BCUT2D eigenvalue weighted by Crippen LogP contribution is 2.28. The van der Waals surface area contributed by atoms with E-state index in [0.717, 1.165) is 37.2 Å². The van der Waals surface area contributed by atoms with Gasteiger partial charge in [0, 0.05) is 43.1 Å². The molecule has 1 N–H and O–H groups in total. The number of ether oxygens (including phenoxy) is 1. The molecule has 0 unspecified atom stereocenters. The van der Waals surface area contributed by atoms with E-state index in [9.17, 15) is 13.2 Å². The van der Waals surface area contributed by atoms with Crippen LogP contribution < -0.4 is 10.2 Å². The summed E-state index contributed by atoms with van der Waals surface area (Å²) in [6, 6.07) is 11.0. The number of sulfonamides is 1. The van der Waals surface area contributed by atoms with Crippen molar-refractivity contribution < 1.29 is 17.9 Å². The Morgan fingerprint density at radius 3 is 2.42 bits per heavy atom. The van der Waals surface area contributed by atoms with E-state index in [1.165, 1.54) is 6.07 Å². The van der Waals surface area contributed by atoms with Crippen molar-refractivity contribution in [3.63, 3.8) is 0 Å². The van der Waals surface area contributed by atoms with Crippen LogP contribution >= 0.6 is 0 Å². The first-order valence-corrected chi connectivity index (χ1v) is 13.1. The number of anilines is 2. The van der Waals surface area contributed by atoms with Crippen molar-refractivity contribution in [1.29, 1.82) is 0 Å². The summed E-state index contributed by atoms with van der Waals surface area (Å²) in [6.07, 6.45) is 1.72. The van der Waals surface area contributed by atoms with E-state index >= 15 is 0 Å². The largest absolute Gasteiger partial charge is 0.378 e. The molecule has 0 saturated carbocycles. The lowest BCUT2D eigenvalue weighted by Crippen LogP contribution is -2.38. The number of piperidine rings is 1. The molecule has 0 bridgehead atoms. The van der Waals surface area contributed by atoms with Gasteiger partial charge in [0.05, 0.1) is 18.1 Å². The van der Waals surface area contributed by atoms with Crippen molar-refractivity contribution >= 4 is 27.3 Å². The maximum absolute atomic E-state index is 13.4. The minimum Gasteiger partial charge on any atom is -0.378 e. The lowest BCUT2D eigenvalue weighted by molar-refractivity contribution is 0.102. The van der Waals surface area contributed by atoms with Crippen LogP contribution in [0.2, 0.25) is 0 Å². The van der Waals surface area contributed by atoms with E-state index in [2.05, 4.69) is 17.1 Å². The van der Waals surface area contributed by atoms with Gasteiger partial charge in [-0.05, 0) is 74.1 Å². The number of benzene rings is 2. The van der Waals surface area contributed by atoms with Gasteiger partial charge in [-0.25, -0.2) is 8.42 Å². The second-order valence-corrected chi connectivity index (χ2v) is 11.0. The molecule has 0 radical (unpaired) electrons. The number of carbonyl (C=O) groups is 1. The number of hydrogen-bond donors (Lipinski definition) is 1. The van der Waals surface area contributed by atoms with Gasteiger partial charge in [0.15, 0.2) is 0 Å². The molecule has 2 fully saturated rings. The summed E-state index contributed by atoms with van der Waals surface area (Å²) < 4.78 is 33.8. The van der Waals surface area contributed by atoms with Crippen molar-refractivity contribution in [3.8, 4) is 0 Å². The zero-order valence-electron chi connectivity index (χ0n) is 19.6. The Labute approximate surface area is 196 Å². The molecule has 4 rings (SSSR count). The summed E-state index contributed by atoms with van der Waals surface area (Å²) in [5, 5.41) is 2.94. The number of aryl methyl sites for hydroxylation is 1. The molecular weight excluding hydrogens is 438 g/mol. The molecule has 2 aromatic carbocycles. The predicted octanol–water partition coefficient (Wildman–Crippen LogP) is 3.81. The highest BCUT2D eigenvalue weighted by atomic mass is 32.2. The monoisotopic (exact) mass is 471 g/mol. The van der Waals surface area contributed by atoms with Gasteiger partial charge in [0.25, 0.3) is 5.91 Å². The summed E-state index contributed by atoms with van der Waals surface area (Å²) in [5.41, 5.74) is 3.53. The van der Waals surface area contributed by atoms with Crippen LogP contribution in [0.15, 0.2) is 41.3 Å². The molecule has 2 saturated heterocycles. The maximum Gasteiger partial charge on any atom is 0.255 e. The van der Waals surface area contributed by atoms with Crippen LogP contribution in [0.1, 0.15) is 41.3 Å². The van der Waals surface area contributed by atoms with Crippen LogP contribution in [-0.2, 0) is 14.8 Å². The van der Waals surface area contributed by atoms with Gasteiger partial charge in [0.1, 0.15) is 0 Å². The summed E-state index contributed by atoms with van der Waals surface area (Å²) in [7, 11) is -3.65. The highest BCUT2D eigenvalue weighted by Gasteiger charge is 2.30. The molecule has 0 atom stereocenters. The van der Waals surface area contributed by atoms with Gasteiger partial charge in [0.2, 0.25) is 10.0 Å². The molecule has 2 heterocycles. The first-order valence-electron chi connectivity index (χ1n) is 11.6. The van der Waals surface area contributed by atoms with E-state index in [1.54, 1.807) is 10.4 Å². The Morgan fingerprint density at radius 1 is 1.03 bits per heavy atom. The van der Waals surface area contributed by atoms with Crippen LogP contribution in [0.4, 0.5) is 11.4 Å². The van der Waals surface area contributed by atoms with Gasteiger partial charge < -0.3 is 15.0 Å². The fourth-order valence-corrected chi connectivity index (χ4v) is 6.19. The Morgan fingerprint density at radius 2 is 1.73 bits per heavy atom. The Balaban J connectivity index is 1.57. The molecule has 1 amide bonds. The molecule has 2 aromatic rings. The van der Waals surface area contributed by atoms with Crippen molar-refractivity contribution in [2.75, 3.05) is 49.6 Å². The molecule has 178 valence electrons. The van der Waals surface area contributed by atoms with Crippen LogP contribution in [0.3, 0.4) is 0 Å². The Hall–Kier alpha value is -2.42. The molecule has 0 spiro atoms. The van der Waals surface area contributed by atoms with Crippen molar-refractivity contribution in [1.82, 2.24) is 4.31 Å². The van der Waals surface area contributed by atoms with E-state index in [4.69, 9.17) is 4.74 Å². The maximum atomic E-state index is 13.4. The molecule has 33 heavy (non-hydrogen) atoms. The summed E-state index contributed by atoms with van der Waals surface area (Å²) in [5.74, 6) is 0.213. The molecule has 8 heteroatoms. The minimum atomic E-state index is -3.65. The summed E-state index contributed by atoms with van der Waals surface area (Å²) in [6.45, 7) is 9.84. The van der Waals surface area contributed by atoms with Crippen LogP contribution in [0, 0.1) is 19.8 Å². The third kappa shape index (κ3) is 5.23. The molecule has 7 nitrogen and oxygen atoms in total. The number of morpholine rings is 1.